The molecule has 0 amide bonds. The van der Waals surface area contributed by atoms with Crippen LogP contribution in [0.4, 0.5) is 26.3 Å². The summed E-state index contributed by atoms with van der Waals surface area (Å²) in [6, 6.07) is 6.21. The highest BCUT2D eigenvalue weighted by Crippen LogP contribution is 2.48. The molecule has 3 aromatic carbocycles. The molecule has 0 fully saturated rings. The Hall–Kier alpha value is -0.840. The van der Waals surface area contributed by atoms with Crippen molar-refractivity contribution >= 4 is 63.7 Å². The van der Waals surface area contributed by atoms with Gasteiger partial charge in [0.1, 0.15) is 5.82 Å². The summed E-state index contributed by atoms with van der Waals surface area (Å²) in [5.41, 5.74) is -1.94. The van der Waals surface area contributed by atoms with Crippen LogP contribution in [0.3, 0.4) is 0 Å². The number of hydrogen-bond donors (Lipinski definition) is 0. The molecule has 0 aliphatic heterocycles. The summed E-state index contributed by atoms with van der Waals surface area (Å²) in [5.74, 6) is -10.1. The molecule has 10 heteroatoms. The van der Waals surface area contributed by atoms with E-state index in [9.17, 15) is 22.0 Å². The fourth-order valence-corrected chi connectivity index (χ4v) is 5.03. The van der Waals surface area contributed by atoms with Gasteiger partial charge in [-0.1, -0.05) is 34.1 Å². The van der Waals surface area contributed by atoms with Crippen LogP contribution in [0, 0.1) is 34.9 Å². The fourth-order valence-electron chi connectivity index (χ4n) is 2.58. The number of rotatable bonds is 2. The van der Waals surface area contributed by atoms with Gasteiger partial charge in [0.25, 0.3) is 0 Å². The molecule has 0 spiro atoms. The van der Waals surface area contributed by atoms with E-state index in [1.54, 1.807) is 18.2 Å². The van der Waals surface area contributed by atoms with Gasteiger partial charge in [0, 0.05) is 26.7 Å². The minimum absolute atomic E-state index is 0.194. The third kappa shape index (κ3) is 3.36. The van der Waals surface area contributed by atoms with Crippen molar-refractivity contribution in [3.8, 4) is 22.3 Å². The van der Waals surface area contributed by atoms with E-state index in [1.165, 1.54) is 6.07 Å². The average molecular weight is 654 g/mol. The summed E-state index contributed by atoms with van der Waals surface area (Å²) in [6.45, 7) is 0. The Morgan fingerprint density at radius 2 is 0.929 bits per heavy atom. The smallest absolute Gasteiger partial charge is 0.198 e. The Morgan fingerprint density at radius 1 is 0.464 bits per heavy atom. The lowest BCUT2D eigenvalue weighted by molar-refractivity contribution is 0.408. The summed E-state index contributed by atoms with van der Waals surface area (Å²) in [4.78, 5) is 0. The Bertz CT molecular complexity index is 1100. The van der Waals surface area contributed by atoms with Crippen LogP contribution in [0.2, 0.25) is 0 Å². The predicted molar refractivity (Wildman–Crippen MR) is 108 cm³/mol. The third-order valence-electron chi connectivity index (χ3n) is 3.87. The molecule has 0 N–H and O–H groups in total. The van der Waals surface area contributed by atoms with Gasteiger partial charge >= 0.3 is 0 Å². The number of benzene rings is 3. The monoisotopic (exact) mass is 650 g/mol. The molecule has 0 nitrogen and oxygen atoms in total. The molecule has 28 heavy (non-hydrogen) atoms. The van der Waals surface area contributed by atoms with Gasteiger partial charge in [-0.05, 0) is 53.9 Å². The van der Waals surface area contributed by atoms with E-state index in [0.29, 0.717) is 4.47 Å². The molecule has 0 saturated carbocycles. The lowest BCUT2D eigenvalue weighted by atomic mass is 9.97. The zero-order chi connectivity index (χ0) is 20.9. The van der Waals surface area contributed by atoms with E-state index in [2.05, 4.69) is 63.7 Å². The molecule has 0 heterocycles. The first-order valence-corrected chi connectivity index (χ1v) is 10.4. The molecular formula is C18H4Br4F6. The van der Waals surface area contributed by atoms with Crippen LogP contribution >= 0.6 is 63.7 Å². The zero-order valence-electron chi connectivity index (χ0n) is 13.1. The summed E-state index contributed by atoms with van der Waals surface area (Å²) in [6.07, 6.45) is 0. The van der Waals surface area contributed by atoms with E-state index in [4.69, 9.17) is 0 Å². The molecular weight excluding hydrogens is 650 g/mol. The van der Waals surface area contributed by atoms with Gasteiger partial charge in [0.15, 0.2) is 29.1 Å². The summed E-state index contributed by atoms with van der Waals surface area (Å²) in [5, 5.41) is 0. The van der Waals surface area contributed by atoms with E-state index in [1.807, 2.05) is 0 Å². The molecule has 0 aliphatic carbocycles. The molecule has 146 valence electrons. The van der Waals surface area contributed by atoms with Crippen LogP contribution in [0.15, 0.2) is 42.2 Å². The van der Waals surface area contributed by atoms with Crippen molar-refractivity contribution in [1.82, 2.24) is 0 Å². The normalized spacial score (nSPS) is 11.2. The first kappa shape index (κ1) is 21.9. The molecule has 0 aromatic heterocycles. The molecule has 0 aliphatic rings. The minimum atomic E-state index is -2.15. The van der Waals surface area contributed by atoms with Gasteiger partial charge in [0.05, 0.1) is 13.4 Å². The fraction of sp³-hybridized carbons (Fsp3) is 0. The summed E-state index contributed by atoms with van der Waals surface area (Å²) >= 11 is 11.6. The van der Waals surface area contributed by atoms with Crippen molar-refractivity contribution < 1.29 is 26.3 Å². The van der Waals surface area contributed by atoms with Crippen LogP contribution in [-0.2, 0) is 0 Å². The van der Waals surface area contributed by atoms with Crippen LogP contribution in [0.5, 0.6) is 0 Å². The largest absolute Gasteiger partial charge is 0.206 e. The topological polar surface area (TPSA) is 0 Å². The van der Waals surface area contributed by atoms with Crippen LogP contribution in [-0.4, -0.2) is 0 Å². The SMILES string of the molecule is Fc1c(F)c(F)c(-c2c(F)c(-c3ccccc3Br)c(Br)c(F)c2Br)c(Br)c1F. The second-order valence-corrected chi connectivity index (χ2v) is 8.66. The Balaban J connectivity index is 2.51. The predicted octanol–water partition coefficient (Wildman–Crippen LogP) is 8.91. The summed E-state index contributed by atoms with van der Waals surface area (Å²) < 4.78 is 84.6. The second-order valence-electron chi connectivity index (χ2n) is 5.43. The maximum Gasteiger partial charge on any atom is 0.198 e. The van der Waals surface area contributed by atoms with Gasteiger partial charge in [-0.2, -0.15) is 0 Å². The molecule has 3 rings (SSSR count). The van der Waals surface area contributed by atoms with Crippen molar-refractivity contribution in [3.63, 3.8) is 0 Å². The molecule has 0 saturated heterocycles. The highest BCUT2D eigenvalue weighted by Gasteiger charge is 2.32. The van der Waals surface area contributed by atoms with E-state index in [-0.39, 0.29) is 15.6 Å². The van der Waals surface area contributed by atoms with E-state index in [0.717, 1.165) is 0 Å². The van der Waals surface area contributed by atoms with Crippen LogP contribution in [0.1, 0.15) is 0 Å². The van der Waals surface area contributed by atoms with Gasteiger partial charge < -0.3 is 0 Å². The zero-order valence-corrected chi connectivity index (χ0v) is 19.4. The minimum Gasteiger partial charge on any atom is -0.206 e. The molecule has 0 bridgehead atoms. The third-order valence-corrected chi connectivity index (χ3v) is 6.79. The lowest BCUT2D eigenvalue weighted by Gasteiger charge is -2.18. The standard InChI is InChI=1S/C18H4Br4F6/c19-6-4-2-1-3-5(6)7-10(20)15(25)11(21)8(13(7)23)9-12(22)16(26)18(28)17(27)14(9)24/h1-4H. The molecule has 0 atom stereocenters. The Labute approximate surface area is 188 Å². The first-order chi connectivity index (χ1) is 13.1. The molecule has 0 unspecified atom stereocenters. The molecule has 0 radical (unpaired) electrons. The highest BCUT2D eigenvalue weighted by molar-refractivity contribution is 9.11. The van der Waals surface area contributed by atoms with E-state index < -0.39 is 55.0 Å². The highest BCUT2D eigenvalue weighted by atomic mass is 79.9. The first-order valence-electron chi connectivity index (χ1n) is 7.22. The average Bonchev–Trinajstić information content (AvgIpc) is 2.67. The Kier molecular flexibility index (Phi) is 6.34. The van der Waals surface area contributed by atoms with Crippen molar-refractivity contribution in [2.45, 2.75) is 0 Å². The maximum absolute atomic E-state index is 15.5. The van der Waals surface area contributed by atoms with Crippen LogP contribution in [0.25, 0.3) is 22.3 Å². The lowest BCUT2D eigenvalue weighted by Crippen LogP contribution is -2.05. The van der Waals surface area contributed by atoms with Crippen molar-refractivity contribution in [2.75, 3.05) is 0 Å². The maximum atomic E-state index is 15.5. The van der Waals surface area contributed by atoms with Crippen LogP contribution < -0.4 is 0 Å². The van der Waals surface area contributed by atoms with E-state index >= 15 is 4.39 Å². The van der Waals surface area contributed by atoms with Gasteiger partial charge in [-0.25, -0.2) is 26.3 Å². The van der Waals surface area contributed by atoms with Gasteiger partial charge in [0.2, 0.25) is 0 Å². The number of halogens is 10. The van der Waals surface area contributed by atoms with Gasteiger partial charge in [-0.15, -0.1) is 0 Å². The quantitative estimate of drug-likeness (QED) is 0.147. The van der Waals surface area contributed by atoms with Crippen molar-refractivity contribution in [2.24, 2.45) is 0 Å². The second kappa shape index (κ2) is 8.12. The summed E-state index contributed by atoms with van der Waals surface area (Å²) in [7, 11) is 0. The Morgan fingerprint density at radius 3 is 1.54 bits per heavy atom. The van der Waals surface area contributed by atoms with Gasteiger partial charge in [-0.3, -0.25) is 0 Å². The van der Waals surface area contributed by atoms with Crippen molar-refractivity contribution in [1.29, 1.82) is 0 Å². The molecule has 3 aromatic rings. The number of hydrogen-bond acceptors (Lipinski definition) is 0. The van der Waals surface area contributed by atoms with Crippen molar-refractivity contribution in [3.05, 3.63) is 77.1 Å².